The summed E-state index contributed by atoms with van der Waals surface area (Å²) >= 11 is 0. The van der Waals surface area contributed by atoms with Crippen molar-refractivity contribution in [1.82, 2.24) is 0 Å². The molecule has 19 heavy (non-hydrogen) atoms. The van der Waals surface area contributed by atoms with E-state index in [1.54, 1.807) is 0 Å². The molecule has 0 aromatic heterocycles. The van der Waals surface area contributed by atoms with Crippen molar-refractivity contribution in [2.75, 3.05) is 6.61 Å². The van der Waals surface area contributed by atoms with Crippen LogP contribution >= 0.6 is 0 Å². The second kappa shape index (κ2) is 5.25. The van der Waals surface area contributed by atoms with Crippen LogP contribution in [0.5, 0.6) is 5.75 Å². The van der Waals surface area contributed by atoms with Crippen molar-refractivity contribution in [3.05, 3.63) is 29.3 Å². The maximum Gasteiger partial charge on any atom is 0.119 e. The van der Waals surface area contributed by atoms with Gasteiger partial charge in [0.1, 0.15) is 12.4 Å². The molecule has 2 aliphatic carbocycles. The van der Waals surface area contributed by atoms with Crippen molar-refractivity contribution in [3.8, 4) is 11.8 Å². The van der Waals surface area contributed by atoms with Gasteiger partial charge in [0, 0.05) is 0 Å². The van der Waals surface area contributed by atoms with E-state index in [0.717, 1.165) is 18.6 Å². The fourth-order valence-corrected chi connectivity index (χ4v) is 3.36. The predicted molar refractivity (Wildman–Crippen MR) is 75.1 cm³/mol. The molecule has 0 bridgehead atoms. The van der Waals surface area contributed by atoms with E-state index in [1.807, 2.05) is 0 Å². The van der Waals surface area contributed by atoms with Crippen molar-refractivity contribution in [2.24, 2.45) is 5.41 Å². The lowest BCUT2D eigenvalue weighted by molar-refractivity contribution is 0.201. The highest BCUT2D eigenvalue weighted by atomic mass is 16.5. The van der Waals surface area contributed by atoms with Gasteiger partial charge < -0.3 is 4.74 Å². The third kappa shape index (κ3) is 2.61. The normalized spacial score (nSPS) is 20.6. The molecule has 0 amide bonds. The number of fused-ring (bicyclic) bond motifs is 1. The van der Waals surface area contributed by atoms with E-state index in [2.05, 4.69) is 24.3 Å². The largest absolute Gasteiger partial charge is 0.492 e. The van der Waals surface area contributed by atoms with Crippen molar-refractivity contribution in [2.45, 2.75) is 51.4 Å². The van der Waals surface area contributed by atoms with Crippen LogP contribution in [0, 0.1) is 16.7 Å². The van der Waals surface area contributed by atoms with Gasteiger partial charge in [-0.15, -0.1) is 0 Å². The summed E-state index contributed by atoms with van der Waals surface area (Å²) in [4.78, 5) is 0. The summed E-state index contributed by atoms with van der Waals surface area (Å²) in [6.07, 6.45) is 9.31. The van der Waals surface area contributed by atoms with E-state index in [4.69, 9.17) is 4.74 Å². The monoisotopic (exact) mass is 255 g/mol. The quantitative estimate of drug-likeness (QED) is 0.817. The molecule has 1 aromatic carbocycles. The first-order valence-corrected chi connectivity index (χ1v) is 7.47. The van der Waals surface area contributed by atoms with Gasteiger partial charge in [-0.3, -0.25) is 0 Å². The van der Waals surface area contributed by atoms with Crippen LogP contribution < -0.4 is 4.74 Å². The number of hydrogen-bond donors (Lipinski definition) is 0. The van der Waals surface area contributed by atoms with Crippen molar-refractivity contribution in [3.63, 3.8) is 0 Å². The Morgan fingerprint density at radius 3 is 2.53 bits per heavy atom. The van der Waals surface area contributed by atoms with Gasteiger partial charge in [0.2, 0.25) is 0 Å². The molecule has 0 atom stereocenters. The Morgan fingerprint density at radius 1 is 1.05 bits per heavy atom. The van der Waals surface area contributed by atoms with Crippen LogP contribution in [0.4, 0.5) is 0 Å². The highest BCUT2D eigenvalue weighted by Crippen LogP contribution is 2.38. The lowest BCUT2D eigenvalue weighted by atomic mass is 9.89. The Balaban J connectivity index is 1.68. The van der Waals surface area contributed by atoms with Crippen LogP contribution in [-0.4, -0.2) is 6.61 Å². The maximum atomic E-state index is 9.36. The van der Waals surface area contributed by atoms with Crippen LogP contribution in [0.3, 0.4) is 0 Å². The Labute approximate surface area is 115 Å². The molecule has 2 aliphatic rings. The predicted octanol–water partition coefficient (Wildman–Crippen LogP) is 4.03. The highest BCUT2D eigenvalue weighted by molar-refractivity contribution is 5.37. The molecule has 100 valence electrons. The van der Waals surface area contributed by atoms with Crippen LogP contribution in [0.1, 0.15) is 49.7 Å². The Kier molecular flexibility index (Phi) is 3.46. The second-order valence-corrected chi connectivity index (χ2v) is 6.03. The summed E-state index contributed by atoms with van der Waals surface area (Å²) in [7, 11) is 0. The van der Waals surface area contributed by atoms with Gasteiger partial charge in [-0.1, -0.05) is 18.9 Å². The van der Waals surface area contributed by atoms with E-state index in [1.165, 1.54) is 49.7 Å². The molecule has 1 fully saturated rings. The molecule has 2 nitrogen and oxygen atoms in total. The second-order valence-electron chi connectivity index (χ2n) is 6.03. The fraction of sp³-hybridized carbons (Fsp3) is 0.588. The first-order valence-electron chi connectivity index (χ1n) is 7.47. The molecule has 1 saturated carbocycles. The van der Waals surface area contributed by atoms with E-state index >= 15 is 0 Å². The number of aryl methyl sites for hydroxylation is 2. The molecule has 0 unspecified atom stereocenters. The Hall–Kier alpha value is -1.49. The van der Waals surface area contributed by atoms with E-state index in [-0.39, 0.29) is 5.41 Å². The molecule has 3 rings (SSSR count). The summed E-state index contributed by atoms with van der Waals surface area (Å²) in [6.45, 7) is 0.558. The number of nitriles is 1. The molecule has 0 radical (unpaired) electrons. The maximum absolute atomic E-state index is 9.36. The van der Waals surface area contributed by atoms with Crippen LogP contribution in [0.2, 0.25) is 0 Å². The number of rotatable bonds is 3. The van der Waals surface area contributed by atoms with Crippen LogP contribution in [0.25, 0.3) is 0 Å². The lowest BCUT2D eigenvalue weighted by Gasteiger charge is -2.22. The van der Waals surface area contributed by atoms with Crippen LogP contribution in [-0.2, 0) is 12.8 Å². The Morgan fingerprint density at radius 2 is 1.79 bits per heavy atom. The van der Waals surface area contributed by atoms with Crippen LogP contribution in [0.15, 0.2) is 18.2 Å². The van der Waals surface area contributed by atoms with Crippen molar-refractivity contribution >= 4 is 0 Å². The number of ether oxygens (including phenoxy) is 1. The molecule has 0 heterocycles. The minimum absolute atomic E-state index is 0.226. The van der Waals surface area contributed by atoms with Gasteiger partial charge in [-0.2, -0.15) is 5.26 Å². The third-order valence-corrected chi connectivity index (χ3v) is 4.63. The number of benzene rings is 1. The molecule has 2 heteroatoms. The average Bonchev–Trinajstić information content (AvgIpc) is 2.94. The zero-order valence-electron chi connectivity index (χ0n) is 11.5. The molecule has 0 N–H and O–H groups in total. The van der Waals surface area contributed by atoms with Gasteiger partial charge in [0.15, 0.2) is 0 Å². The van der Waals surface area contributed by atoms with Crippen molar-refractivity contribution in [1.29, 1.82) is 5.26 Å². The van der Waals surface area contributed by atoms with E-state index in [9.17, 15) is 5.26 Å². The zero-order chi connectivity index (χ0) is 13.1. The van der Waals surface area contributed by atoms with Gasteiger partial charge in [0.25, 0.3) is 0 Å². The summed E-state index contributed by atoms with van der Waals surface area (Å²) in [5, 5.41) is 9.36. The van der Waals surface area contributed by atoms with Gasteiger partial charge in [0.05, 0.1) is 11.5 Å². The zero-order valence-corrected chi connectivity index (χ0v) is 11.5. The highest BCUT2D eigenvalue weighted by Gasteiger charge is 2.34. The first kappa shape index (κ1) is 12.5. The van der Waals surface area contributed by atoms with Gasteiger partial charge in [-0.05, 0) is 61.8 Å². The smallest absolute Gasteiger partial charge is 0.119 e. The minimum Gasteiger partial charge on any atom is -0.492 e. The minimum atomic E-state index is -0.226. The summed E-state index contributed by atoms with van der Waals surface area (Å²) in [5.74, 6) is 0.946. The lowest BCUT2D eigenvalue weighted by Crippen LogP contribution is -2.23. The molecule has 0 spiro atoms. The van der Waals surface area contributed by atoms with Gasteiger partial charge >= 0.3 is 0 Å². The summed E-state index contributed by atoms with van der Waals surface area (Å²) in [5.41, 5.74) is 2.70. The average molecular weight is 255 g/mol. The SMILES string of the molecule is N#CC1(COc2ccc3c(c2)CCCC3)CCCC1. The van der Waals surface area contributed by atoms with E-state index in [0.29, 0.717) is 6.61 Å². The van der Waals surface area contributed by atoms with Crippen molar-refractivity contribution < 1.29 is 4.74 Å². The first-order chi connectivity index (χ1) is 9.31. The topological polar surface area (TPSA) is 33.0 Å². The molecule has 0 saturated heterocycles. The molecule has 0 aliphatic heterocycles. The summed E-state index contributed by atoms with van der Waals surface area (Å²) in [6, 6.07) is 8.95. The standard InChI is InChI=1S/C17H21NO/c18-12-17(9-3-4-10-17)13-19-16-8-7-14-5-1-2-6-15(14)11-16/h7-8,11H,1-6,9-10,13H2. The molecule has 1 aromatic rings. The van der Waals surface area contributed by atoms with Gasteiger partial charge in [-0.25, -0.2) is 0 Å². The number of nitrogens with zero attached hydrogens (tertiary/aromatic N) is 1. The number of hydrogen-bond acceptors (Lipinski definition) is 2. The summed E-state index contributed by atoms with van der Waals surface area (Å²) < 4.78 is 5.93. The fourth-order valence-electron chi connectivity index (χ4n) is 3.36. The van der Waals surface area contributed by atoms with E-state index < -0.39 is 0 Å². The molecular weight excluding hydrogens is 234 g/mol. The Bertz CT molecular complexity index is 494. The third-order valence-electron chi connectivity index (χ3n) is 4.63. The molecular formula is C17H21NO.